The summed E-state index contributed by atoms with van der Waals surface area (Å²) in [5.41, 5.74) is 0.851. The largest absolute Gasteiger partial charge is 0.491 e. The molecule has 1 aliphatic rings. The van der Waals surface area contributed by atoms with E-state index < -0.39 is 42.0 Å². The summed E-state index contributed by atoms with van der Waals surface area (Å²) in [6.07, 6.45) is -1.07. The smallest absolute Gasteiger partial charge is 0.255 e. The van der Waals surface area contributed by atoms with E-state index in [2.05, 4.69) is 21.3 Å². The zero-order valence-electron chi connectivity index (χ0n) is 21.9. The van der Waals surface area contributed by atoms with Crippen molar-refractivity contribution in [1.82, 2.24) is 21.3 Å². The molecule has 0 spiro atoms. The number of hydrogen-bond acceptors (Lipinski definition) is 6. The third kappa shape index (κ3) is 8.04. The molecule has 4 atom stereocenters. The van der Waals surface area contributed by atoms with Gasteiger partial charge in [0.25, 0.3) is 5.91 Å². The summed E-state index contributed by atoms with van der Waals surface area (Å²) in [5.74, 6) is -1.73. The molecule has 1 aliphatic heterocycles. The molecule has 10 nitrogen and oxygen atoms in total. The van der Waals surface area contributed by atoms with Gasteiger partial charge in [0.15, 0.2) is 0 Å². The third-order valence-electron chi connectivity index (χ3n) is 6.21. The first-order valence-corrected chi connectivity index (χ1v) is 12.8. The molecule has 0 aliphatic carbocycles. The molecule has 0 aromatic heterocycles. The topological polar surface area (TPSA) is 146 Å². The average molecular weight is 525 g/mol. The van der Waals surface area contributed by atoms with E-state index in [1.54, 1.807) is 55.5 Å². The summed E-state index contributed by atoms with van der Waals surface area (Å²) in [4.78, 5) is 51.9. The van der Waals surface area contributed by atoms with Crippen molar-refractivity contribution in [3.63, 3.8) is 0 Å². The summed E-state index contributed by atoms with van der Waals surface area (Å²) in [7, 11) is 0. The molecular formula is C28H36N4O6. The van der Waals surface area contributed by atoms with E-state index in [1.165, 1.54) is 0 Å². The number of fused-ring (bicyclic) bond motifs is 1. The van der Waals surface area contributed by atoms with Gasteiger partial charge >= 0.3 is 0 Å². The molecular weight excluding hydrogens is 488 g/mol. The number of carbonyl (C=O) groups excluding carboxylic acids is 4. The highest BCUT2D eigenvalue weighted by atomic mass is 16.5. The van der Waals surface area contributed by atoms with Crippen LogP contribution in [0.25, 0.3) is 0 Å². The fourth-order valence-electron chi connectivity index (χ4n) is 4.04. The van der Waals surface area contributed by atoms with Crippen molar-refractivity contribution in [2.24, 2.45) is 5.92 Å². The Morgan fingerprint density at radius 2 is 1.71 bits per heavy atom. The molecule has 3 rings (SSSR count). The van der Waals surface area contributed by atoms with Crippen LogP contribution in [-0.4, -0.2) is 60.0 Å². The predicted octanol–water partition coefficient (Wildman–Crippen LogP) is 1.45. The monoisotopic (exact) mass is 524 g/mol. The van der Waals surface area contributed by atoms with Gasteiger partial charge in [0, 0.05) is 13.0 Å². The zero-order chi connectivity index (χ0) is 27.7. The fraction of sp³-hybridized carbons (Fsp3) is 0.429. The van der Waals surface area contributed by atoms with Crippen LogP contribution >= 0.6 is 0 Å². The number of para-hydroxylation sites is 1. The SMILES string of the molecule is CC(C)[C@H]1NC(=O)CC[C@@H](C(=O)NC[C@@H](O)c2ccccc2)NC(=O)c2ccccc2OC[C@H](C)NC1=O. The molecule has 0 saturated heterocycles. The van der Waals surface area contributed by atoms with E-state index in [0.717, 1.165) is 0 Å². The lowest BCUT2D eigenvalue weighted by Crippen LogP contribution is -2.53. The number of rotatable bonds is 5. The Bertz CT molecular complexity index is 1120. The molecule has 0 bridgehead atoms. The molecule has 4 amide bonds. The van der Waals surface area contributed by atoms with E-state index >= 15 is 0 Å². The van der Waals surface area contributed by atoms with E-state index in [-0.39, 0.29) is 43.4 Å². The maximum Gasteiger partial charge on any atom is 0.255 e. The number of ether oxygens (including phenoxy) is 1. The Hall–Kier alpha value is -3.92. The second kappa shape index (κ2) is 13.6. The minimum atomic E-state index is -1.07. The second-order valence-corrected chi connectivity index (χ2v) is 9.74. The lowest BCUT2D eigenvalue weighted by Gasteiger charge is -2.24. The Balaban J connectivity index is 1.82. The van der Waals surface area contributed by atoms with Gasteiger partial charge in [0.2, 0.25) is 17.7 Å². The van der Waals surface area contributed by atoms with Gasteiger partial charge in [-0.15, -0.1) is 0 Å². The molecule has 0 radical (unpaired) electrons. The number of hydrogen-bond donors (Lipinski definition) is 5. The lowest BCUT2D eigenvalue weighted by atomic mass is 10.0. The number of nitrogens with one attached hydrogen (secondary N) is 4. The van der Waals surface area contributed by atoms with Gasteiger partial charge in [-0.1, -0.05) is 56.3 Å². The van der Waals surface area contributed by atoms with E-state index in [1.807, 2.05) is 19.9 Å². The van der Waals surface area contributed by atoms with Gasteiger partial charge in [-0.3, -0.25) is 19.2 Å². The normalized spacial score (nSPS) is 21.9. The van der Waals surface area contributed by atoms with Gasteiger partial charge < -0.3 is 31.1 Å². The highest BCUT2D eigenvalue weighted by molar-refractivity contribution is 5.99. The van der Waals surface area contributed by atoms with Gasteiger partial charge in [-0.2, -0.15) is 0 Å². The molecule has 1 heterocycles. The van der Waals surface area contributed by atoms with Crippen LogP contribution in [0.2, 0.25) is 0 Å². The van der Waals surface area contributed by atoms with Crippen LogP contribution in [0.3, 0.4) is 0 Å². The number of carbonyl (C=O) groups is 4. The van der Waals surface area contributed by atoms with Crippen LogP contribution in [0.15, 0.2) is 54.6 Å². The predicted molar refractivity (Wildman–Crippen MR) is 141 cm³/mol. The molecule has 0 fully saturated rings. The molecule has 5 N–H and O–H groups in total. The molecule has 10 heteroatoms. The molecule has 204 valence electrons. The summed E-state index contributed by atoms with van der Waals surface area (Å²) in [5, 5.41) is 21.4. The third-order valence-corrected chi connectivity index (χ3v) is 6.21. The van der Waals surface area contributed by atoms with Gasteiger partial charge in [0.1, 0.15) is 24.4 Å². The van der Waals surface area contributed by atoms with Crippen molar-refractivity contribution in [3.8, 4) is 5.75 Å². The summed E-state index contributed by atoms with van der Waals surface area (Å²) < 4.78 is 5.84. The van der Waals surface area contributed by atoms with Crippen LogP contribution in [0.5, 0.6) is 5.75 Å². The standard InChI is InChI=1S/C28H36N4O6/c1-17(2)25-28(37)30-18(3)16-38-23-12-8-7-11-20(23)26(35)31-21(13-14-24(34)32-25)27(36)29-15-22(33)19-9-5-4-6-10-19/h4-12,17-18,21-22,25,33H,13-16H2,1-3H3,(H,29,36)(H,30,37)(H,31,35)(H,32,34)/t18-,21-,22+,25+/m0/s1. The molecule has 2 aromatic carbocycles. The molecule has 0 unspecified atom stereocenters. The first-order valence-electron chi connectivity index (χ1n) is 12.8. The van der Waals surface area contributed by atoms with Crippen molar-refractivity contribution in [1.29, 1.82) is 0 Å². The average Bonchev–Trinajstić information content (AvgIpc) is 2.91. The Morgan fingerprint density at radius 1 is 1.03 bits per heavy atom. The van der Waals surface area contributed by atoms with Crippen LogP contribution < -0.4 is 26.0 Å². The van der Waals surface area contributed by atoms with Crippen molar-refractivity contribution in [2.45, 2.75) is 57.8 Å². The van der Waals surface area contributed by atoms with E-state index in [0.29, 0.717) is 11.3 Å². The van der Waals surface area contributed by atoms with Crippen molar-refractivity contribution in [2.75, 3.05) is 13.2 Å². The Morgan fingerprint density at radius 3 is 2.42 bits per heavy atom. The Kier molecular flexibility index (Phi) is 10.2. The minimum absolute atomic E-state index is 0.0172. The van der Waals surface area contributed by atoms with Crippen molar-refractivity contribution >= 4 is 23.6 Å². The minimum Gasteiger partial charge on any atom is -0.491 e. The van der Waals surface area contributed by atoms with E-state index in [9.17, 15) is 24.3 Å². The van der Waals surface area contributed by atoms with Crippen molar-refractivity contribution < 1.29 is 29.0 Å². The number of aliphatic hydroxyl groups excluding tert-OH is 1. The zero-order valence-corrected chi connectivity index (χ0v) is 21.9. The second-order valence-electron chi connectivity index (χ2n) is 9.74. The number of amides is 4. The first-order chi connectivity index (χ1) is 18.2. The van der Waals surface area contributed by atoms with Gasteiger partial charge in [0.05, 0.1) is 17.7 Å². The highest BCUT2D eigenvalue weighted by Gasteiger charge is 2.28. The first kappa shape index (κ1) is 28.6. The van der Waals surface area contributed by atoms with Crippen LogP contribution in [0, 0.1) is 5.92 Å². The fourth-order valence-corrected chi connectivity index (χ4v) is 4.04. The number of aliphatic hydroxyl groups is 1. The maximum atomic E-state index is 13.2. The lowest BCUT2D eigenvalue weighted by molar-refractivity contribution is -0.131. The molecule has 38 heavy (non-hydrogen) atoms. The van der Waals surface area contributed by atoms with E-state index in [4.69, 9.17) is 4.74 Å². The summed E-state index contributed by atoms with van der Waals surface area (Å²) in [6, 6.07) is 13.2. The summed E-state index contributed by atoms with van der Waals surface area (Å²) >= 11 is 0. The Labute approximate surface area is 222 Å². The number of benzene rings is 2. The highest BCUT2D eigenvalue weighted by Crippen LogP contribution is 2.19. The van der Waals surface area contributed by atoms with Gasteiger partial charge in [-0.25, -0.2) is 0 Å². The maximum absolute atomic E-state index is 13.2. The van der Waals surface area contributed by atoms with Crippen molar-refractivity contribution in [3.05, 3.63) is 65.7 Å². The van der Waals surface area contributed by atoms with Crippen LogP contribution in [0.4, 0.5) is 0 Å². The molecule has 0 saturated carbocycles. The van der Waals surface area contributed by atoms with Gasteiger partial charge in [-0.05, 0) is 37.0 Å². The van der Waals surface area contributed by atoms with Crippen LogP contribution in [0.1, 0.15) is 55.6 Å². The summed E-state index contributed by atoms with van der Waals surface area (Å²) in [6.45, 7) is 5.43. The van der Waals surface area contributed by atoms with Crippen LogP contribution in [-0.2, 0) is 14.4 Å². The quantitative estimate of drug-likeness (QED) is 0.400. The molecule has 2 aromatic rings.